The minimum absolute atomic E-state index is 0.0420. The number of amides is 2. The van der Waals surface area contributed by atoms with Crippen molar-refractivity contribution < 1.29 is 22.7 Å². The van der Waals surface area contributed by atoms with E-state index in [-0.39, 0.29) is 23.5 Å². The highest BCUT2D eigenvalue weighted by Crippen LogP contribution is 2.54. The van der Waals surface area contributed by atoms with E-state index in [9.17, 15) is 18.0 Å². The fraction of sp³-hybridized carbons (Fsp3) is 0.600. The minimum Gasteiger partial charge on any atom is -0.446 e. The number of rotatable bonds is 9. The van der Waals surface area contributed by atoms with Crippen LogP contribution in [0.2, 0.25) is 0 Å². The largest absolute Gasteiger partial charge is 0.446 e. The van der Waals surface area contributed by atoms with Crippen molar-refractivity contribution in [2.24, 2.45) is 17.8 Å². The Hall–Kier alpha value is -3.41. The molecular weight excluding hydrogens is 663 g/mol. The van der Waals surface area contributed by atoms with Crippen LogP contribution >= 0.6 is 0 Å². The Bertz CT molecular complexity index is 1680. The summed E-state index contributed by atoms with van der Waals surface area (Å²) in [4.78, 5) is 33.9. The molecule has 0 unspecified atom stereocenters. The number of carbonyl (C=O) groups excluding carboxylic acids is 2. The third-order valence-electron chi connectivity index (χ3n) is 12.8. The SMILES string of the molecule is C=CC(=O)N1CCC(S(=O)(=O)c2ccc(N3CC(CN4CCC([C@@]5([C@H]6CCC[C@@H]6OC(=O)NC)CN(C)Cc6ccccc65)CC4)C3)cc2)CC1. The minimum atomic E-state index is -3.45. The van der Waals surface area contributed by atoms with Crippen LogP contribution < -0.4 is 10.2 Å². The zero-order valence-corrected chi connectivity index (χ0v) is 31.2. The molecule has 51 heavy (non-hydrogen) atoms. The van der Waals surface area contributed by atoms with Crippen molar-refractivity contribution in [2.45, 2.75) is 73.2 Å². The van der Waals surface area contributed by atoms with Crippen molar-refractivity contribution in [2.75, 3.05) is 71.4 Å². The fourth-order valence-corrected chi connectivity index (χ4v) is 12.0. The number of hydrogen-bond acceptors (Lipinski definition) is 8. The van der Waals surface area contributed by atoms with Gasteiger partial charge in [-0.15, -0.1) is 0 Å². The van der Waals surface area contributed by atoms with Gasteiger partial charge < -0.3 is 29.7 Å². The molecular formula is C40H55N5O5S. The molecule has 4 fully saturated rings. The number of sulfone groups is 1. The van der Waals surface area contributed by atoms with Crippen molar-refractivity contribution in [1.29, 1.82) is 0 Å². The summed E-state index contributed by atoms with van der Waals surface area (Å²) < 4.78 is 32.8. The van der Waals surface area contributed by atoms with E-state index >= 15 is 0 Å². The number of benzene rings is 2. The van der Waals surface area contributed by atoms with E-state index in [1.807, 2.05) is 12.1 Å². The summed E-state index contributed by atoms with van der Waals surface area (Å²) in [6.45, 7) is 11.6. The van der Waals surface area contributed by atoms with Crippen LogP contribution in [0, 0.1) is 17.8 Å². The predicted octanol–water partition coefficient (Wildman–Crippen LogP) is 4.69. The molecule has 10 nitrogen and oxygen atoms in total. The monoisotopic (exact) mass is 717 g/mol. The zero-order chi connectivity index (χ0) is 35.8. The lowest BCUT2D eigenvalue weighted by Gasteiger charge is -2.54. The van der Waals surface area contributed by atoms with Crippen LogP contribution in [0.1, 0.15) is 56.1 Å². The van der Waals surface area contributed by atoms with Gasteiger partial charge in [-0.05, 0) is 112 Å². The lowest BCUT2D eigenvalue weighted by atomic mass is 9.56. The number of piperidine rings is 2. The van der Waals surface area contributed by atoms with E-state index in [2.05, 4.69) is 57.9 Å². The van der Waals surface area contributed by atoms with E-state index in [1.54, 1.807) is 24.1 Å². The second-order valence-corrected chi connectivity index (χ2v) is 17.9. The average Bonchev–Trinajstić information content (AvgIpc) is 3.60. The summed E-state index contributed by atoms with van der Waals surface area (Å²) in [5, 5.41) is 2.23. The summed E-state index contributed by atoms with van der Waals surface area (Å²) in [6, 6.07) is 16.5. The standard InChI is InChI=1S/C40H55N5O5S/c1-4-38(46)44-22-18-34(19-23-44)51(48,49)33-14-12-32(13-15-33)45-25-29(26-45)24-43-20-16-31(17-21-43)40(36-10-7-11-37(36)50-39(47)41-2)28-42(3)27-30-8-5-6-9-35(30)40/h4-6,8-9,12-15,29,31,34,36-37H,1,7,10-11,16-28H2,2-3H3,(H,41,47)/t36-,37-,40-/m0/s1. The van der Waals surface area contributed by atoms with Crippen molar-refractivity contribution in [3.63, 3.8) is 0 Å². The molecule has 276 valence electrons. The van der Waals surface area contributed by atoms with Crippen molar-refractivity contribution in [3.8, 4) is 0 Å². The van der Waals surface area contributed by atoms with Crippen LogP contribution in [0.25, 0.3) is 0 Å². The molecule has 0 spiro atoms. The van der Waals surface area contributed by atoms with Gasteiger partial charge in [0.25, 0.3) is 0 Å². The maximum absolute atomic E-state index is 13.4. The van der Waals surface area contributed by atoms with Gasteiger partial charge in [-0.1, -0.05) is 30.8 Å². The van der Waals surface area contributed by atoms with Gasteiger partial charge in [0.05, 0.1) is 10.1 Å². The Balaban J connectivity index is 0.954. The smallest absolute Gasteiger partial charge is 0.407 e. The molecule has 5 aliphatic rings. The zero-order valence-electron chi connectivity index (χ0n) is 30.3. The first-order valence-electron chi connectivity index (χ1n) is 19.0. The summed E-state index contributed by atoms with van der Waals surface area (Å²) in [5.41, 5.74) is 3.93. The maximum atomic E-state index is 13.4. The number of carbonyl (C=O) groups is 2. The van der Waals surface area contributed by atoms with Gasteiger partial charge in [0.1, 0.15) is 6.10 Å². The van der Waals surface area contributed by atoms with Gasteiger partial charge in [0.2, 0.25) is 5.91 Å². The molecule has 4 aliphatic heterocycles. The second kappa shape index (κ2) is 14.9. The first-order valence-corrected chi connectivity index (χ1v) is 20.5. The van der Waals surface area contributed by atoms with E-state index in [4.69, 9.17) is 4.74 Å². The van der Waals surface area contributed by atoms with E-state index in [0.29, 0.717) is 48.6 Å². The number of alkyl carbamates (subject to hydrolysis) is 1. The normalized spacial score (nSPS) is 27.1. The topological polar surface area (TPSA) is 103 Å². The number of fused-ring (bicyclic) bond motifs is 1. The van der Waals surface area contributed by atoms with Gasteiger partial charge in [0, 0.05) is 75.8 Å². The van der Waals surface area contributed by atoms with Gasteiger partial charge in [0.15, 0.2) is 9.84 Å². The third kappa shape index (κ3) is 7.05. The fourth-order valence-electron chi connectivity index (χ4n) is 10.3. The van der Waals surface area contributed by atoms with Crippen LogP contribution in [0.4, 0.5) is 10.5 Å². The van der Waals surface area contributed by atoms with Crippen LogP contribution in [-0.2, 0) is 31.3 Å². The lowest BCUT2D eigenvalue weighted by molar-refractivity contribution is -0.126. The highest BCUT2D eigenvalue weighted by atomic mass is 32.2. The highest BCUT2D eigenvalue weighted by Gasteiger charge is 2.55. The van der Waals surface area contributed by atoms with Crippen LogP contribution in [0.15, 0.2) is 66.1 Å². The second-order valence-electron chi connectivity index (χ2n) is 15.7. The molecule has 0 radical (unpaired) electrons. The van der Waals surface area contributed by atoms with E-state index in [1.165, 1.54) is 17.2 Å². The summed E-state index contributed by atoms with van der Waals surface area (Å²) in [6.07, 6.45) is 7.20. The molecule has 7 rings (SSSR count). The average molecular weight is 718 g/mol. The van der Waals surface area contributed by atoms with Gasteiger partial charge in [-0.25, -0.2) is 13.2 Å². The Morgan fingerprint density at radius 3 is 2.35 bits per heavy atom. The lowest BCUT2D eigenvalue weighted by Crippen LogP contribution is -2.58. The molecule has 3 saturated heterocycles. The summed E-state index contributed by atoms with van der Waals surface area (Å²) in [5.74, 6) is 1.27. The number of nitrogens with one attached hydrogen (secondary N) is 1. The number of likely N-dealkylation sites (tertiary alicyclic amines) is 2. The molecule has 1 aliphatic carbocycles. The quantitative estimate of drug-likeness (QED) is 0.373. The van der Waals surface area contributed by atoms with Crippen LogP contribution in [-0.4, -0.2) is 113 Å². The van der Waals surface area contributed by atoms with Gasteiger partial charge >= 0.3 is 6.09 Å². The summed E-state index contributed by atoms with van der Waals surface area (Å²) in [7, 11) is 0.447. The number of likely N-dealkylation sites (N-methyl/N-ethyl adjacent to an activating group) is 1. The summed E-state index contributed by atoms with van der Waals surface area (Å²) >= 11 is 0. The molecule has 2 aromatic rings. The van der Waals surface area contributed by atoms with E-state index < -0.39 is 15.1 Å². The maximum Gasteiger partial charge on any atom is 0.407 e. The van der Waals surface area contributed by atoms with E-state index in [0.717, 1.165) is 83.6 Å². The van der Waals surface area contributed by atoms with Gasteiger partial charge in [-0.3, -0.25) is 4.79 Å². The Kier molecular flexibility index (Phi) is 10.5. The number of ether oxygens (including phenoxy) is 1. The molecule has 0 aromatic heterocycles. The molecule has 1 saturated carbocycles. The number of nitrogens with zero attached hydrogens (tertiary/aromatic N) is 4. The van der Waals surface area contributed by atoms with Crippen LogP contribution in [0.3, 0.4) is 0 Å². The van der Waals surface area contributed by atoms with Crippen molar-refractivity contribution in [1.82, 2.24) is 20.0 Å². The molecule has 1 N–H and O–H groups in total. The van der Waals surface area contributed by atoms with Crippen molar-refractivity contribution in [3.05, 3.63) is 72.3 Å². The number of anilines is 1. The third-order valence-corrected chi connectivity index (χ3v) is 15.0. The first kappa shape index (κ1) is 36.0. The molecule has 2 amide bonds. The number of hydrogen-bond donors (Lipinski definition) is 1. The molecule has 2 aromatic carbocycles. The predicted molar refractivity (Wildman–Crippen MR) is 199 cm³/mol. The molecule has 4 heterocycles. The molecule has 3 atom stereocenters. The van der Waals surface area contributed by atoms with Crippen LogP contribution in [0.5, 0.6) is 0 Å². The highest BCUT2D eigenvalue weighted by molar-refractivity contribution is 7.92. The van der Waals surface area contributed by atoms with Crippen molar-refractivity contribution >= 4 is 27.5 Å². The molecule has 11 heteroatoms. The Labute approximate surface area is 304 Å². The molecule has 0 bridgehead atoms. The Morgan fingerprint density at radius 2 is 1.67 bits per heavy atom. The van der Waals surface area contributed by atoms with Gasteiger partial charge in [-0.2, -0.15) is 0 Å². The Morgan fingerprint density at radius 1 is 0.961 bits per heavy atom. The first-order chi connectivity index (χ1) is 24.6.